The zero-order valence-corrected chi connectivity index (χ0v) is 16.4. The van der Waals surface area contributed by atoms with Crippen molar-refractivity contribution in [1.29, 1.82) is 0 Å². The van der Waals surface area contributed by atoms with Gasteiger partial charge in [-0.3, -0.25) is 9.10 Å². The van der Waals surface area contributed by atoms with Gasteiger partial charge in [0.2, 0.25) is 15.9 Å². The van der Waals surface area contributed by atoms with Crippen molar-refractivity contribution >= 4 is 21.6 Å². The SMILES string of the molecule is CCN(Cc1ccccc1)C(=O)CCN(c1cccc(C)c1)S(C)(=O)=O. The second kappa shape index (κ2) is 8.85. The molecule has 0 saturated heterocycles. The van der Waals surface area contributed by atoms with Gasteiger partial charge in [0.05, 0.1) is 11.9 Å². The Labute approximate surface area is 156 Å². The van der Waals surface area contributed by atoms with Gasteiger partial charge < -0.3 is 4.90 Å². The molecule has 0 aromatic heterocycles. The summed E-state index contributed by atoms with van der Waals surface area (Å²) in [5.41, 5.74) is 2.62. The van der Waals surface area contributed by atoms with E-state index in [1.807, 2.05) is 62.4 Å². The number of nitrogens with zero attached hydrogens (tertiary/aromatic N) is 2. The normalized spacial score (nSPS) is 11.2. The number of aryl methyl sites for hydroxylation is 1. The molecule has 140 valence electrons. The summed E-state index contributed by atoms with van der Waals surface area (Å²) in [6.45, 7) is 5.08. The number of sulfonamides is 1. The standard InChI is InChI=1S/C20H26N2O3S/c1-4-21(16-18-10-6-5-7-11-18)20(23)13-14-22(26(3,24)25)19-12-8-9-17(2)15-19/h5-12,15H,4,13-14,16H2,1-3H3. The zero-order valence-electron chi connectivity index (χ0n) is 15.6. The summed E-state index contributed by atoms with van der Waals surface area (Å²) in [7, 11) is -3.46. The van der Waals surface area contributed by atoms with E-state index in [-0.39, 0.29) is 18.9 Å². The predicted octanol–water partition coefficient (Wildman–Crippen LogP) is 3.20. The Kier molecular flexibility index (Phi) is 6.80. The summed E-state index contributed by atoms with van der Waals surface area (Å²) in [6.07, 6.45) is 1.31. The molecule has 0 fully saturated rings. The quantitative estimate of drug-likeness (QED) is 0.713. The van der Waals surface area contributed by atoms with Gasteiger partial charge in [0.25, 0.3) is 0 Å². The van der Waals surface area contributed by atoms with Crippen LogP contribution in [-0.4, -0.2) is 38.6 Å². The van der Waals surface area contributed by atoms with Crippen molar-refractivity contribution in [2.75, 3.05) is 23.7 Å². The lowest BCUT2D eigenvalue weighted by molar-refractivity contribution is -0.131. The fourth-order valence-electron chi connectivity index (χ4n) is 2.80. The molecule has 0 atom stereocenters. The number of benzene rings is 2. The van der Waals surface area contributed by atoms with Gasteiger partial charge in [-0.1, -0.05) is 42.5 Å². The van der Waals surface area contributed by atoms with Gasteiger partial charge in [-0.2, -0.15) is 0 Å². The summed E-state index contributed by atoms with van der Waals surface area (Å²) < 4.78 is 25.7. The summed E-state index contributed by atoms with van der Waals surface area (Å²) in [5.74, 6) is -0.0577. The van der Waals surface area contributed by atoms with Crippen LogP contribution in [0.4, 0.5) is 5.69 Å². The molecule has 5 nitrogen and oxygen atoms in total. The summed E-state index contributed by atoms with van der Waals surface area (Å²) in [5, 5.41) is 0. The lowest BCUT2D eigenvalue weighted by Crippen LogP contribution is -2.36. The van der Waals surface area contributed by atoms with Crippen LogP contribution in [0.5, 0.6) is 0 Å². The van der Waals surface area contributed by atoms with Crippen molar-refractivity contribution in [3.05, 3.63) is 65.7 Å². The van der Waals surface area contributed by atoms with Crippen molar-refractivity contribution in [3.8, 4) is 0 Å². The lowest BCUT2D eigenvalue weighted by atomic mass is 10.2. The maximum atomic E-state index is 12.6. The number of rotatable bonds is 8. The van der Waals surface area contributed by atoms with Crippen LogP contribution in [0.25, 0.3) is 0 Å². The Morgan fingerprint density at radius 1 is 1.04 bits per heavy atom. The average Bonchev–Trinajstić information content (AvgIpc) is 2.59. The number of anilines is 1. The molecule has 0 bridgehead atoms. The van der Waals surface area contributed by atoms with Crippen LogP contribution in [0.2, 0.25) is 0 Å². The van der Waals surface area contributed by atoms with E-state index in [2.05, 4.69) is 0 Å². The van der Waals surface area contributed by atoms with E-state index in [1.54, 1.807) is 11.0 Å². The summed E-state index contributed by atoms with van der Waals surface area (Å²) >= 11 is 0. The molecule has 0 aliphatic carbocycles. The smallest absolute Gasteiger partial charge is 0.232 e. The highest BCUT2D eigenvalue weighted by atomic mass is 32.2. The van der Waals surface area contributed by atoms with Crippen molar-refractivity contribution in [2.24, 2.45) is 0 Å². The third kappa shape index (κ3) is 5.59. The predicted molar refractivity (Wildman–Crippen MR) is 106 cm³/mol. The van der Waals surface area contributed by atoms with Crippen LogP contribution in [0.15, 0.2) is 54.6 Å². The van der Waals surface area contributed by atoms with E-state index < -0.39 is 10.0 Å². The second-order valence-electron chi connectivity index (χ2n) is 6.32. The minimum Gasteiger partial charge on any atom is -0.339 e. The van der Waals surface area contributed by atoms with Gasteiger partial charge in [0.15, 0.2) is 0 Å². The number of amides is 1. The van der Waals surface area contributed by atoms with E-state index in [9.17, 15) is 13.2 Å². The molecule has 2 rings (SSSR count). The number of carbonyl (C=O) groups excluding carboxylic acids is 1. The van der Waals surface area contributed by atoms with Crippen LogP contribution < -0.4 is 4.31 Å². The fraction of sp³-hybridized carbons (Fsp3) is 0.350. The van der Waals surface area contributed by atoms with Gasteiger partial charge in [-0.25, -0.2) is 8.42 Å². The monoisotopic (exact) mass is 374 g/mol. The van der Waals surface area contributed by atoms with E-state index in [1.165, 1.54) is 10.6 Å². The van der Waals surface area contributed by atoms with Gasteiger partial charge in [-0.05, 0) is 37.1 Å². The molecule has 0 heterocycles. The van der Waals surface area contributed by atoms with Crippen LogP contribution in [0.1, 0.15) is 24.5 Å². The number of hydrogen-bond donors (Lipinski definition) is 0. The lowest BCUT2D eigenvalue weighted by Gasteiger charge is -2.25. The van der Waals surface area contributed by atoms with Crippen molar-refractivity contribution < 1.29 is 13.2 Å². The van der Waals surface area contributed by atoms with E-state index in [0.717, 1.165) is 11.1 Å². The van der Waals surface area contributed by atoms with Crippen LogP contribution in [0.3, 0.4) is 0 Å². The molecule has 0 saturated carbocycles. The first-order valence-corrected chi connectivity index (χ1v) is 10.5. The molecule has 0 aliphatic heterocycles. The van der Waals surface area contributed by atoms with Crippen molar-refractivity contribution in [3.63, 3.8) is 0 Å². The number of hydrogen-bond acceptors (Lipinski definition) is 3. The highest BCUT2D eigenvalue weighted by molar-refractivity contribution is 7.92. The Balaban J connectivity index is 2.08. The van der Waals surface area contributed by atoms with Gasteiger partial charge in [0, 0.05) is 26.1 Å². The minimum absolute atomic E-state index is 0.0577. The van der Waals surface area contributed by atoms with E-state index >= 15 is 0 Å². The molecular formula is C20H26N2O3S. The first kappa shape index (κ1) is 20.0. The summed E-state index contributed by atoms with van der Waals surface area (Å²) in [6, 6.07) is 17.1. The molecule has 2 aromatic rings. The van der Waals surface area contributed by atoms with Crippen molar-refractivity contribution in [1.82, 2.24) is 4.90 Å². The van der Waals surface area contributed by atoms with Crippen LogP contribution in [0, 0.1) is 6.92 Å². The number of carbonyl (C=O) groups is 1. The molecular weight excluding hydrogens is 348 g/mol. The zero-order chi connectivity index (χ0) is 19.2. The molecule has 26 heavy (non-hydrogen) atoms. The first-order chi connectivity index (χ1) is 12.3. The maximum Gasteiger partial charge on any atom is 0.232 e. The molecule has 0 N–H and O–H groups in total. The molecule has 0 aliphatic rings. The molecule has 2 aromatic carbocycles. The highest BCUT2D eigenvalue weighted by Crippen LogP contribution is 2.19. The molecule has 6 heteroatoms. The van der Waals surface area contributed by atoms with Crippen LogP contribution in [-0.2, 0) is 21.4 Å². The summed E-state index contributed by atoms with van der Waals surface area (Å²) in [4.78, 5) is 14.4. The van der Waals surface area contributed by atoms with Gasteiger partial charge >= 0.3 is 0 Å². The second-order valence-corrected chi connectivity index (χ2v) is 8.22. The van der Waals surface area contributed by atoms with E-state index in [0.29, 0.717) is 18.8 Å². The van der Waals surface area contributed by atoms with Gasteiger partial charge in [0.1, 0.15) is 0 Å². The molecule has 0 radical (unpaired) electrons. The molecule has 0 unspecified atom stereocenters. The highest BCUT2D eigenvalue weighted by Gasteiger charge is 2.20. The van der Waals surface area contributed by atoms with Gasteiger partial charge in [-0.15, -0.1) is 0 Å². The Morgan fingerprint density at radius 3 is 2.31 bits per heavy atom. The fourth-order valence-corrected chi connectivity index (χ4v) is 3.72. The Hall–Kier alpha value is -2.34. The largest absolute Gasteiger partial charge is 0.339 e. The Bertz CT molecular complexity index is 835. The Morgan fingerprint density at radius 2 is 1.73 bits per heavy atom. The minimum atomic E-state index is -3.46. The first-order valence-electron chi connectivity index (χ1n) is 8.67. The maximum absolute atomic E-state index is 12.6. The topological polar surface area (TPSA) is 57.7 Å². The van der Waals surface area contributed by atoms with Crippen molar-refractivity contribution in [2.45, 2.75) is 26.8 Å². The average molecular weight is 375 g/mol. The molecule has 1 amide bonds. The van der Waals surface area contributed by atoms with Crippen LogP contribution >= 0.6 is 0 Å². The third-order valence-electron chi connectivity index (χ3n) is 4.17. The van der Waals surface area contributed by atoms with E-state index in [4.69, 9.17) is 0 Å². The molecule has 0 spiro atoms. The third-order valence-corrected chi connectivity index (χ3v) is 5.36.